The Morgan fingerprint density at radius 1 is 1.36 bits per heavy atom. The number of aromatic nitrogens is 1. The standard InChI is InChI=1S/C19H23N3O5S/c1-27-16-6-2-4-12(9-16)17-22-14(11-28-17)10-15(23)8-13(18(24)25)5-3-7-21-19(20)26/h2,4,6,9,11,13H,3,5,7-8,10H2,1H3,(H,24,25)(H3,20,21,26)/t13-/m0/s1. The third-order valence-corrected chi connectivity index (χ3v) is 5.04. The van der Waals surface area contributed by atoms with Crippen molar-refractivity contribution in [3.05, 3.63) is 35.3 Å². The van der Waals surface area contributed by atoms with Gasteiger partial charge in [0.15, 0.2) is 0 Å². The molecule has 0 saturated carbocycles. The Hall–Kier alpha value is -2.94. The fourth-order valence-electron chi connectivity index (χ4n) is 2.70. The number of primary amides is 1. The molecule has 1 heterocycles. The summed E-state index contributed by atoms with van der Waals surface area (Å²) in [6.45, 7) is 0.281. The van der Waals surface area contributed by atoms with Crippen LogP contribution in [-0.2, 0) is 16.0 Å². The zero-order valence-corrected chi connectivity index (χ0v) is 16.3. The van der Waals surface area contributed by atoms with Gasteiger partial charge in [-0.05, 0) is 25.0 Å². The average Bonchev–Trinajstić information content (AvgIpc) is 3.12. The largest absolute Gasteiger partial charge is 0.497 e. The lowest BCUT2D eigenvalue weighted by molar-refractivity contribution is -0.144. The van der Waals surface area contributed by atoms with E-state index < -0.39 is 17.9 Å². The smallest absolute Gasteiger partial charge is 0.312 e. The van der Waals surface area contributed by atoms with Gasteiger partial charge in [-0.1, -0.05) is 12.1 Å². The van der Waals surface area contributed by atoms with Crippen LogP contribution in [0.3, 0.4) is 0 Å². The number of hydrogen-bond acceptors (Lipinski definition) is 6. The SMILES string of the molecule is COc1cccc(-c2nc(CC(=O)C[C@H](CCCNC(N)=O)C(=O)O)cs2)c1. The Kier molecular flexibility index (Phi) is 7.94. The molecular formula is C19H23N3O5S. The minimum Gasteiger partial charge on any atom is -0.497 e. The van der Waals surface area contributed by atoms with E-state index in [0.717, 1.165) is 16.3 Å². The summed E-state index contributed by atoms with van der Waals surface area (Å²) in [6, 6.07) is 6.83. The monoisotopic (exact) mass is 405 g/mol. The second-order valence-electron chi connectivity index (χ2n) is 6.26. The van der Waals surface area contributed by atoms with E-state index in [-0.39, 0.29) is 31.6 Å². The molecule has 0 bridgehead atoms. The number of amides is 2. The van der Waals surface area contributed by atoms with Gasteiger partial charge >= 0.3 is 12.0 Å². The molecule has 2 rings (SSSR count). The van der Waals surface area contributed by atoms with Crippen molar-refractivity contribution in [3.8, 4) is 16.3 Å². The molecule has 8 nitrogen and oxygen atoms in total. The summed E-state index contributed by atoms with van der Waals surface area (Å²) < 4.78 is 5.20. The fourth-order valence-corrected chi connectivity index (χ4v) is 3.52. The van der Waals surface area contributed by atoms with E-state index in [1.165, 1.54) is 11.3 Å². The van der Waals surface area contributed by atoms with Gasteiger partial charge in [0.2, 0.25) is 0 Å². The molecule has 2 aromatic rings. The van der Waals surface area contributed by atoms with Gasteiger partial charge in [0, 0.05) is 30.3 Å². The van der Waals surface area contributed by atoms with Gasteiger partial charge in [0.1, 0.15) is 16.5 Å². The molecule has 1 aromatic heterocycles. The third kappa shape index (κ3) is 6.66. The lowest BCUT2D eigenvalue weighted by Crippen LogP contribution is -2.30. The number of ether oxygens (including phenoxy) is 1. The number of benzene rings is 1. The molecule has 0 spiro atoms. The zero-order valence-electron chi connectivity index (χ0n) is 15.5. The number of rotatable bonds is 11. The van der Waals surface area contributed by atoms with Crippen molar-refractivity contribution >= 4 is 29.1 Å². The first-order chi connectivity index (χ1) is 13.4. The molecule has 0 unspecified atom stereocenters. The highest BCUT2D eigenvalue weighted by Gasteiger charge is 2.21. The van der Waals surface area contributed by atoms with Gasteiger partial charge in [0.05, 0.1) is 18.7 Å². The molecule has 1 atom stereocenters. The molecule has 0 fully saturated rings. The Balaban J connectivity index is 1.91. The first-order valence-corrected chi connectivity index (χ1v) is 9.63. The lowest BCUT2D eigenvalue weighted by atomic mass is 9.95. The highest BCUT2D eigenvalue weighted by Crippen LogP contribution is 2.27. The zero-order chi connectivity index (χ0) is 20.5. The minimum atomic E-state index is -1.03. The number of thiazole rings is 1. The van der Waals surface area contributed by atoms with Crippen LogP contribution < -0.4 is 15.8 Å². The summed E-state index contributed by atoms with van der Waals surface area (Å²) in [5.41, 5.74) is 6.48. The van der Waals surface area contributed by atoms with Crippen molar-refractivity contribution in [2.75, 3.05) is 13.7 Å². The van der Waals surface area contributed by atoms with Crippen LogP contribution in [0.25, 0.3) is 10.6 Å². The van der Waals surface area contributed by atoms with Crippen molar-refractivity contribution in [1.82, 2.24) is 10.3 Å². The maximum atomic E-state index is 12.3. The number of carboxylic acid groups (broad SMARTS) is 1. The molecule has 2 amide bonds. The van der Waals surface area contributed by atoms with Gasteiger partial charge in [-0.15, -0.1) is 11.3 Å². The number of nitrogens with two attached hydrogens (primary N) is 1. The molecule has 9 heteroatoms. The van der Waals surface area contributed by atoms with Crippen molar-refractivity contribution in [3.63, 3.8) is 0 Å². The van der Waals surface area contributed by atoms with Crippen LogP contribution in [0.2, 0.25) is 0 Å². The number of aliphatic carboxylic acids is 1. The van der Waals surface area contributed by atoms with E-state index in [1.807, 2.05) is 24.3 Å². The van der Waals surface area contributed by atoms with Gasteiger partial charge < -0.3 is 20.9 Å². The molecule has 0 aliphatic rings. The van der Waals surface area contributed by atoms with Crippen molar-refractivity contribution < 1.29 is 24.2 Å². The first kappa shape index (κ1) is 21.4. The van der Waals surface area contributed by atoms with Crippen LogP contribution >= 0.6 is 11.3 Å². The van der Waals surface area contributed by atoms with Crippen LogP contribution in [0, 0.1) is 5.92 Å². The van der Waals surface area contributed by atoms with Crippen LogP contribution in [0.4, 0.5) is 4.79 Å². The molecule has 0 aliphatic heterocycles. The predicted molar refractivity (Wildman–Crippen MR) is 105 cm³/mol. The maximum Gasteiger partial charge on any atom is 0.312 e. The number of carbonyl (C=O) groups excluding carboxylic acids is 2. The number of nitrogens with zero attached hydrogens (tertiary/aromatic N) is 1. The molecule has 150 valence electrons. The predicted octanol–water partition coefficient (Wildman–Crippen LogP) is 2.47. The number of urea groups is 1. The molecule has 1 aromatic carbocycles. The summed E-state index contributed by atoms with van der Waals surface area (Å²) in [7, 11) is 1.59. The van der Waals surface area contributed by atoms with Crippen LogP contribution in [-0.4, -0.2) is 41.5 Å². The average molecular weight is 405 g/mol. The minimum absolute atomic E-state index is 0.0715. The van der Waals surface area contributed by atoms with Crippen molar-refractivity contribution in [1.29, 1.82) is 0 Å². The summed E-state index contributed by atoms with van der Waals surface area (Å²) >= 11 is 1.42. The van der Waals surface area contributed by atoms with E-state index in [2.05, 4.69) is 10.3 Å². The van der Waals surface area contributed by atoms with Crippen molar-refractivity contribution in [2.24, 2.45) is 11.7 Å². The van der Waals surface area contributed by atoms with E-state index in [0.29, 0.717) is 12.1 Å². The van der Waals surface area contributed by atoms with Gasteiger partial charge in [-0.25, -0.2) is 9.78 Å². The second-order valence-corrected chi connectivity index (χ2v) is 7.12. The quantitative estimate of drug-likeness (QED) is 0.492. The third-order valence-electron chi connectivity index (χ3n) is 4.10. The van der Waals surface area contributed by atoms with Gasteiger partial charge in [0.25, 0.3) is 0 Å². The Bertz CT molecular complexity index is 836. The number of ketones is 1. The number of nitrogens with one attached hydrogen (secondary N) is 1. The molecule has 0 saturated heterocycles. The van der Waals surface area contributed by atoms with E-state index in [1.54, 1.807) is 12.5 Å². The number of Topliss-reactive ketones (excluding diaryl/α,β-unsaturated/α-hetero) is 1. The van der Waals surface area contributed by atoms with Crippen molar-refractivity contribution in [2.45, 2.75) is 25.7 Å². The molecular weight excluding hydrogens is 382 g/mol. The Labute approximate surface area is 166 Å². The summed E-state index contributed by atoms with van der Waals surface area (Å²) in [6.07, 6.45) is 0.735. The highest BCUT2D eigenvalue weighted by molar-refractivity contribution is 7.13. The number of carbonyl (C=O) groups is 3. The normalized spacial score (nSPS) is 11.6. The van der Waals surface area contributed by atoms with E-state index in [4.69, 9.17) is 10.5 Å². The van der Waals surface area contributed by atoms with Crippen LogP contribution in [0.15, 0.2) is 29.6 Å². The number of hydrogen-bond donors (Lipinski definition) is 3. The van der Waals surface area contributed by atoms with E-state index in [9.17, 15) is 19.5 Å². The first-order valence-electron chi connectivity index (χ1n) is 8.75. The number of carboxylic acids is 1. The highest BCUT2D eigenvalue weighted by atomic mass is 32.1. The lowest BCUT2D eigenvalue weighted by Gasteiger charge is -2.11. The summed E-state index contributed by atoms with van der Waals surface area (Å²) in [5, 5.41) is 14.3. The van der Waals surface area contributed by atoms with E-state index >= 15 is 0 Å². The molecule has 0 aliphatic carbocycles. The summed E-state index contributed by atoms with van der Waals surface area (Å²) in [4.78, 5) is 38.8. The van der Waals surface area contributed by atoms with Gasteiger partial charge in [-0.2, -0.15) is 0 Å². The van der Waals surface area contributed by atoms with Crippen LogP contribution in [0.5, 0.6) is 5.75 Å². The summed E-state index contributed by atoms with van der Waals surface area (Å²) in [5.74, 6) is -1.28. The Morgan fingerprint density at radius 2 is 2.14 bits per heavy atom. The number of methoxy groups -OCH3 is 1. The topological polar surface area (TPSA) is 132 Å². The molecule has 4 N–H and O–H groups in total. The fraction of sp³-hybridized carbons (Fsp3) is 0.368. The second kappa shape index (κ2) is 10.4. The maximum absolute atomic E-state index is 12.3. The molecule has 0 radical (unpaired) electrons. The Morgan fingerprint density at radius 3 is 2.82 bits per heavy atom. The van der Waals surface area contributed by atoms with Gasteiger partial charge in [-0.3, -0.25) is 9.59 Å². The van der Waals surface area contributed by atoms with Crippen LogP contribution in [0.1, 0.15) is 25.0 Å². The molecule has 28 heavy (non-hydrogen) atoms.